The van der Waals surface area contributed by atoms with E-state index in [-0.39, 0.29) is 24.9 Å². The van der Waals surface area contributed by atoms with Crippen LogP contribution in [0.25, 0.3) is 0 Å². The fourth-order valence-electron chi connectivity index (χ4n) is 4.33. The highest BCUT2D eigenvalue weighted by molar-refractivity contribution is 6.42. The van der Waals surface area contributed by atoms with Crippen LogP contribution < -0.4 is 5.32 Å². The molecule has 2 atom stereocenters. The molecule has 1 saturated heterocycles. The van der Waals surface area contributed by atoms with Gasteiger partial charge in [-0.1, -0.05) is 36.0 Å². The Morgan fingerprint density at radius 3 is 2.63 bits per heavy atom. The summed E-state index contributed by atoms with van der Waals surface area (Å²) in [6.07, 6.45) is 7.21. The van der Waals surface area contributed by atoms with Gasteiger partial charge < -0.3 is 10.2 Å². The minimum Gasteiger partial charge on any atom is -0.338 e. The van der Waals surface area contributed by atoms with E-state index in [1.165, 1.54) is 25.7 Å². The lowest BCUT2D eigenvalue weighted by Gasteiger charge is -2.44. The summed E-state index contributed by atoms with van der Waals surface area (Å²) in [4.78, 5) is 28.9. The first-order valence-corrected chi connectivity index (χ1v) is 10.4. The van der Waals surface area contributed by atoms with E-state index < -0.39 is 0 Å². The number of fused-ring (bicyclic) bond motifs is 1. The van der Waals surface area contributed by atoms with Crippen molar-refractivity contribution in [3.63, 3.8) is 0 Å². The second kappa shape index (κ2) is 9.26. The molecule has 1 aromatic rings. The zero-order chi connectivity index (χ0) is 19.4. The molecule has 0 spiro atoms. The lowest BCUT2D eigenvalue weighted by molar-refractivity contribution is -0.138. The number of carbonyl (C=O) groups excluding carboxylic acids is 2. The summed E-state index contributed by atoms with van der Waals surface area (Å²) in [7, 11) is 1.80. The smallest absolute Gasteiger partial charge is 0.238 e. The van der Waals surface area contributed by atoms with Gasteiger partial charge in [0.1, 0.15) is 0 Å². The Balaban J connectivity index is 1.50. The Labute approximate surface area is 171 Å². The molecule has 2 fully saturated rings. The van der Waals surface area contributed by atoms with Crippen LogP contribution in [0.15, 0.2) is 18.2 Å². The van der Waals surface area contributed by atoms with Crippen molar-refractivity contribution in [1.82, 2.24) is 9.80 Å². The number of rotatable bonds is 5. The number of hydrogen-bond donors (Lipinski definition) is 1. The van der Waals surface area contributed by atoms with Gasteiger partial charge in [0.25, 0.3) is 0 Å². The number of halogens is 2. The number of hydrogen-bond acceptors (Lipinski definition) is 3. The third kappa shape index (κ3) is 5.37. The van der Waals surface area contributed by atoms with Crippen molar-refractivity contribution in [3.8, 4) is 0 Å². The summed E-state index contributed by atoms with van der Waals surface area (Å²) >= 11 is 11.9. The topological polar surface area (TPSA) is 52.7 Å². The standard InChI is InChI=1S/C20H27Cl2N3O2/c1-24(12-19(26)23-15-8-9-16(21)17(22)11-15)13-20(27)25-10-4-6-14-5-2-3-7-18(14)25/h8-9,11,14,18H,2-7,10,12-13H2,1H3,(H,23,26)/t14-,18+/m1/s1. The molecule has 27 heavy (non-hydrogen) atoms. The lowest BCUT2D eigenvalue weighted by Crippen LogP contribution is -2.52. The highest BCUT2D eigenvalue weighted by Crippen LogP contribution is 2.35. The molecular weight excluding hydrogens is 385 g/mol. The van der Waals surface area contributed by atoms with Crippen molar-refractivity contribution in [3.05, 3.63) is 28.2 Å². The van der Waals surface area contributed by atoms with Gasteiger partial charge in [0.15, 0.2) is 0 Å². The number of piperidine rings is 1. The largest absolute Gasteiger partial charge is 0.338 e. The lowest BCUT2D eigenvalue weighted by atomic mass is 9.78. The van der Waals surface area contributed by atoms with Crippen LogP contribution in [0.2, 0.25) is 10.0 Å². The zero-order valence-electron chi connectivity index (χ0n) is 15.7. The van der Waals surface area contributed by atoms with Crippen molar-refractivity contribution in [2.24, 2.45) is 5.92 Å². The van der Waals surface area contributed by atoms with Gasteiger partial charge in [-0.05, 0) is 56.8 Å². The minimum absolute atomic E-state index is 0.136. The molecule has 5 nitrogen and oxygen atoms in total. The molecule has 148 valence electrons. The number of nitrogens with one attached hydrogen (secondary N) is 1. The second-order valence-electron chi connectivity index (χ2n) is 7.69. The average Bonchev–Trinajstić information content (AvgIpc) is 2.64. The molecule has 1 N–H and O–H groups in total. The molecule has 2 aliphatic rings. The van der Waals surface area contributed by atoms with Crippen LogP contribution in [0.5, 0.6) is 0 Å². The van der Waals surface area contributed by atoms with Crippen molar-refractivity contribution >= 4 is 40.7 Å². The van der Waals surface area contributed by atoms with Crippen LogP contribution in [-0.2, 0) is 9.59 Å². The second-order valence-corrected chi connectivity index (χ2v) is 8.51. The Bertz CT molecular complexity index is 696. The Morgan fingerprint density at radius 2 is 1.85 bits per heavy atom. The highest BCUT2D eigenvalue weighted by Gasteiger charge is 2.35. The molecule has 7 heteroatoms. The van der Waals surface area contributed by atoms with Crippen LogP contribution in [0, 0.1) is 5.92 Å². The Morgan fingerprint density at radius 1 is 1.11 bits per heavy atom. The van der Waals surface area contributed by atoms with Gasteiger partial charge >= 0.3 is 0 Å². The average molecular weight is 412 g/mol. The molecular formula is C20H27Cl2N3O2. The fraction of sp³-hybridized carbons (Fsp3) is 0.600. The first kappa shape index (κ1) is 20.4. The number of benzene rings is 1. The van der Waals surface area contributed by atoms with E-state index in [1.54, 1.807) is 30.1 Å². The predicted molar refractivity (Wildman–Crippen MR) is 109 cm³/mol. The zero-order valence-corrected chi connectivity index (χ0v) is 17.2. The number of amides is 2. The summed E-state index contributed by atoms with van der Waals surface area (Å²) in [6.45, 7) is 1.26. The minimum atomic E-state index is -0.183. The number of anilines is 1. The van der Waals surface area contributed by atoms with E-state index in [9.17, 15) is 9.59 Å². The van der Waals surface area contributed by atoms with Crippen molar-refractivity contribution in [2.75, 3.05) is 32.0 Å². The first-order chi connectivity index (χ1) is 12.9. The Kier molecular flexibility index (Phi) is 7.01. The van der Waals surface area contributed by atoms with E-state index in [2.05, 4.69) is 10.2 Å². The summed E-state index contributed by atoms with van der Waals surface area (Å²) in [6, 6.07) is 5.36. The van der Waals surface area contributed by atoms with Crippen LogP contribution >= 0.6 is 23.2 Å². The molecule has 1 aliphatic carbocycles. The molecule has 1 aliphatic heterocycles. The fourth-order valence-corrected chi connectivity index (χ4v) is 4.63. The highest BCUT2D eigenvalue weighted by atomic mass is 35.5. The first-order valence-electron chi connectivity index (χ1n) is 9.67. The SMILES string of the molecule is CN(CC(=O)Nc1ccc(Cl)c(Cl)c1)CC(=O)N1CCC[C@H]2CCCC[C@@H]21. The molecule has 1 aromatic carbocycles. The summed E-state index contributed by atoms with van der Waals surface area (Å²) in [5, 5.41) is 3.63. The monoisotopic (exact) mass is 411 g/mol. The third-order valence-electron chi connectivity index (χ3n) is 5.59. The van der Waals surface area contributed by atoms with Crippen molar-refractivity contribution in [1.29, 1.82) is 0 Å². The van der Waals surface area contributed by atoms with Crippen molar-refractivity contribution in [2.45, 2.75) is 44.6 Å². The quantitative estimate of drug-likeness (QED) is 0.794. The molecule has 1 saturated carbocycles. The summed E-state index contributed by atoms with van der Waals surface area (Å²) < 4.78 is 0. The van der Waals surface area contributed by atoms with E-state index in [4.69, 9.17) is 23.2 Å². The van der Waals surface area contributed by atoms with Gasteiger partial charge in [-0.2, -0.15) is 0 Å². The molecule has 0 bridgehead atoms. The van der Waals surface area contributed by atoms with Gasteiger partial charge in [-0.15, -0.1) is 0 Å². The molecule has 0 radical (unpaired) electrons. The maximum atomic E-state index is 12.8. The predicted octanol–water partition coefficient (Wildman–Crippen LogP) is 4.04. The van der Waals surface area contributed by atoms with Crippen molar-refractivity contribution < 1.29 is 9.59 Å². The molecule has 0 aromatic heterocycles. The molecule has 0 unspecified atom stereocenters. The normalized spacial score (nSPS) is 22.4. The van der Waals surface area contributed by atoms with Gasteiger partial charge in [0.2, 0.25) is 11.8 Å². The number of nitrogens with zero attached hydrogens (tertiary/aromatic N) is 2. The van der Waals surface area contributed by atoms with Gasteiger partial charge in [-0.3, -0.25) is 14.5 Å². The molecule has 3 rings (SSSR count). The van der Waals surface area contributed by atoms with Crippen LogP contribution in [-0.4, -0.2) is 54.3 Å². The number of likely N-dealkylation sites (tertiary alicyclic amines) is 1. The van der Waals surface area contributed by atoms with Crippen LogP contribution in [0.3, 0.4) is 0 Å². The third-order valence-corrected chi connectivity index (χ3v) is 6.32. The number of carbonyl (C=O) groups is 2. The van der Waals surface area contributed by atoms with Gasteiger partial charge in [0.05, 0.1) is 23.1 Å². The summed E-state index contributed by atoms with van der Waals surface area (Å²) in [5.74, 6) is 0.619. The van der Waals surface area contributed by atoms with Crippen LogP contribution in [0.1, 0.15) is 38.5 Å². The van der Waals surface area contributed by atoms with E-state index >= 15 is 0 Å². The van der Waals surface area contributed by atoms with E-state index in [1.807, 2.05) is 0 Å². The maximum Gasteiger partial charge on any atom is 0.238 e. The maximum absolute atomic E-state index is 12.8. The van der Waals surface area contributed by atoms with Crippen LogP contribution in [0.4, 0.5) is 5.69 Å². The van der Waals surface area contributed by atoms with E-state index in [0.717, 1.165) is 19.4 Å². The summed E-state index contributed by atoms with van der Waals surface area (Å²) in [5.41, 5.74) is 0.593. The number of likely N-dealkylation sites (N-methyl/N-ethyl adjacent to an activating group) is 1. The Hall–Kier alpha value is -1.30. The van der Waals surface area contributed by atoms with E-state index in [0.29, 0.717) is 27.7 Å². The van der Waals surface area contributed by atoms with Gasteiger partial charge in [-0.25, -0.2) is 0 Å². The van der Waals surface area contributed by atoms with Gasteiger partial charge in [0, 0.05) is 18.3 Å². The molecule has 2 amide bonds. The molecule has 1 heterocycles.